The summed E-state index contributed by atoms with van der Waals surface area (Å²) < 4.78 is 0. The number of carbonyl (C=O) groups is 2. The first-order valence-corrected chi connectivity index (χ1v) is 35.6. The molecule has 0 spiro atoms. The highest BCUT2D eigenvalue weighted by Gasteiger charge is 2.25. The van der Waals surface area contributed by atoms with Crippen LogP contribution in [0.4, 0.5) is 0 Å². The van der Waals surface area contributed by atoms with Crippen molar-refractivity contribution in [2.24, 2.45) is 0 Å². The number of nitrogens with zero attached hydrogens (tertiary/aromatic N) is 4. The van der Waals surface area contributed by atoms with Gasteiger partial charge in [0.25, 0.3) is 0 Å². The first-order chi connectivity index (χ1) is 37.4. The van der Waals surface area contributed by atoms with Crippen LogP contribution in [-0.4, -0.2) is 166 Å². The maximum atomic E-state index is 13.9. The smallest absolute Gasteiger partial charge is 0.244 e. The molecule has 0 bridgehead atoms. The molecule has 0 aliphatic rings. The van der Waals surface area contributed by atoms with E-state index in [9.17, 15) is 30.0 Å². The summed E-state index contributed by atoms with van der Waals surface area (Å²) >= 11 is 0. The molecule has 0 aromatic rings. The van der Waals surface area contributed by atoms with Crippen molar-refractivity contribution < 1.29 is 30.0 Å². The highest BCUT2D eigenvalue weighted by Crippen LogP contribution is 2.25. The van der Waals surface area contributed by atoms with E-state index in [0.29, 0.717) is 52.0 Å². The van der Waals surface area contributed by atoms with Crippen LogP contribution in [0.5, 0.6) is 0 Å². The fourth-order valence-corrected chi connectivity index (χ4v) is 12.8. The number of rotatable bonds is 61. The van der Waals surface area contributed by atoms with Crippen molar-refractivity contribution in [2.75, 3.05) is 84.0 Å². The average molecular weight is 1130 g/mol. The van der Waals surface area contributed by atoms with Crippen molar-refractivity contribution in [1.29, 1.82) is 0 Å². The van der Waals surface area contributed by atoms with Crippen molar-refractivity contribution in [3.63, 3.8) is 0 Å². The van der Waals surface area contributed by atoms with Crippen molar-refractivity contribution in [2.45, 2.75) is 316 Å². The van der Waals surface area contributed by atoms with E-state index in [1.165, 1.54) is 141 Å². The topological polar surface area (TPSA) is 140 Å². The molecule has 5 N–H and O–H groups in total. The first-order valence-electron chi connectivity index (χ1n) is 33.1. The lowest BCUT2D eigenvalue weighted by Crippen LogP contribution is -2.49. The van der Waals surface area contributed by atoms with Crippen LogP contribution in [-0.2, 0) is 9.59 Å². The van der Waals surface area contributed by atoms with E-state index in [-0.39, 0.29) is 24.0 Å². The van der Waals surface area contributed by atoms with E-state index in [0.717, 1.165) is 128 Å². The summed E-state index contributed by atoms with van der Waals surface area (Å²) in [7, 11) is 5.47. The maximum absolute atomic E-state index is 13.9. The summed E-state index contributed by atoms with van der Waals surface area (Å²) in [5.74, 6) is 1.61. The molecule has 77 heavy (non-hydrogen) atoms. The van der Waals surface area contributed by atoms with Gasteiger partial charge < -0.3 is 35.5 Å². The zero-order valence-corrected chi connectivity index (χ0v) is 53.6. The molecule has 11 nitrogen and oxygen atoms in total. The molecule has 0 aliphatic carbocycles. The third kappa shape index (κ3) is 49.7. The van der Waals surface area contributed by atoms with Crippen LogP contribution in [0.25, 0.3) is 0 Å². The summed E-state index contributed by atoms with van der Waals surface area (Å²) in [6, 6.07) is -0.578. The summed E-state index contributed by atoms with van der Waals surface area (Å²) in [4.78, 5) is 36.1. The molecule has 0 heterocycles. The molecular formula is C64H131N5O6S2. The third-order valence-electron chi connectivity index (χ3n) is 15.7. The molecule has 0 aliphatic heterocycles. The molecule has 0 radical (unpaired) electrons. The van der Waals surface area contributed by atoms with Gasteiger partial charge in [0.15, 0.2) is 0 Å². The van der Waals surface area contributed by atoms with E-state index in [1.54, 1.807) is 15.7 Å². The molecule has 0 saturated heterocycles. The summed E-state index contributed by atoms with van der Waals surface area (Å²) in [6.45, 7) is 20.5. The number of hydrogen-bond donors (Lipinski definition) is 5. The lowest BCUT2D eigenvalue weighted by atomic mass is 10.0. The Bertz CT molecular complexity index is 1210. The van der Waals surface area contributed by atoms with Crippen LogP contribution >= 0.6 is 21.6 Å². The molecular weight excluding hydrogens is 999 g/mol. The van der Waals surface area contributed by atoms with Gasteiger partial charge in [-0.3, -0.25) is 19.4 Å². The van der Waals surface area contributed by atoms with Gasteiger partial charge in [-0.05, 0) is 84.0 Å². The van der Waals surface area contributed by atoms with E-state index in [2.05, 4.69) is 61.6 Å². The lowest BCUT2D eigenvalue weighted by Gasteiger charge is -2.28. The highest BCUT2D eigenvalue weighted by molar-refractivity contribution is 8.76. The highest BCUT2D eigenvalue weighted by atomic mass is 33.1. The van der Waals surface area contributed by atoms with Crippen molar-refractivity contribution in [1.82, 2.24) is 24.9 Å². The van der Waals surface area contributed by atoms with Crippen LogP contribution in [0.15, 0.2) is 0 Å². The predicted molar refractivity (Wildman–Crippen MR) is 337 cm³/mol. The second-order valence-corrected chi connectivity index (χ2v) is 26.0. The monoisotopic (exact) mass is 1130 g/mol. The lowest BCUT2D eigenvalue weighted by molar-refractivity contribution is -0.135. The molecule has 5 unspecified atom stereocenters. The minimum absolute atomic E-state index is 0.0322. The predicted octanol–water partition coefficient (Wildman–Crippen LogP) is 14.6. The van der Waals surface area contributed by atoms with E-state index in [1.807, 2.05) is 17.8 Å². The van der Waals surface area contributed by atoms with Crippen LogP contribution < -0.4 is 5.32 Å². The van der Waals surface area contributed by atoms with Gasteiger partial charge in [0, 0.05) is 64.2 Å². The zero-order chi connectivity index (χ0) is 56.8. The van der Waals surface area contributed by atoms with Crippen LogP contribution in [0.3, 0.4) is 0 Å². The number of nitrogens with one attached hydrogen (secondary N) is 1. The second kappa shape index (κ2) is 57.2. The van der Waals surface area contributed by atoms with Gasteiger partial charge in [0.05, 0.1) is 24.4 Å². The summed E-state index contributed by atoms with van der Waals surface area (Å²) in [5, 5.41) is 47.4. The standard InChI is InChI=1S/C64H131N5O6S2/c1-8-14-18-22-26-28-32-36-44-60(72)56-69(57-61(73)45-37-33-29-27-23-19-15-9-2)49-40-41-52-76-77-53-47-62(64(75)66(7)50-51-67(12-5)13-6)65-63(74)46-38-39-48-68(54-58(70)42-34-30-24-20-16-10-3)55-59(71)43-35-31-25-21-17-11-4/h58-62,70-73H,8-57H2,1-7H3,(H,65,74). The second-order valence-electron chi connectivity index (χ2n) is 23.3. The van der Waals surface area contributed by atoms with Gasteiger partial charge in [-0.1, -0.05) is 243 Å². The Balaban J connectivity index is 5.34. The normalized spacial score (nSPS) is 13.9. The van der Waals surface area contributed by atoms with Gasteiger partial charge in [0.1, 0.15) is 6.04 Å². The number of amides is 2. The Morgan fingerprint density at radius 3 is 1.08 bits per heavy atom. The van der Waals surface area contributed by atoms with Gasteiger partial charge in [-0.2, -0.15) is 0 Å². The fraction of sp³-hybridized carbons (Fsp3) is 0.969. The molecule has 2 amide bonds. The molecule has 13 heteroatoms. The van der Waals surface area contributed by atoms with Crippen LogP contribution in [0.1, 0.15) is 286 Å². The average Bonchev–Trinajstić information content (AvgIpc) is 3.41. The molecule has 0 saturated carbocycles. The van der Waals surface area contributed by atoms with Crippen LogP contribution in [0, 0.1) is 0 Å². The Labute approximate surface area is 485 Å². The molecule has 5 atom stereocenters. The number of unbranched alkanes of at least 4 members (excludes halogenated alkanes) is 26. The number of hydrogen-bond acceptors (Lipinski definition) is 11. The summed E-state index contributed by atoms with van der Waals surface area (Å²) in [6.07, 6.45) is 40.6. The van der Waals surface area contributed by atoms with Crippen molar-refractivity contribution in [3.05, 3.63) is 0 Å². The van der Waals surface area contributed by atoms with Gasteiger partial charge >= 0.3 is 0 Å². The quantitative estimate of drug-likeness (QED) is 0.0294. The van der Waals surface area contributed by atoms with Gasteiger partial charge in [-0.15, -0.1) is 0 Å². The number of aliphatic hydroxyl groups excluding tert-OH is 4. The molecule has 0 rings (SSSR count). The number of aliphatic hydroxyl groups is 4. The van der Waals surface area contributed by atoms with E-state index < -0.39 is 18.2 Å². The SMILES string of the molecule is CCCCCCCCCCC(O)CN(CCCCSSCCC(NC(=O)CCCCN(CC(O)CCCCCCCC)CC(O)CCCCCCCC)C(=O)N(C)CCN(CC)CC)CC(O)CCCCCCCCCC. The van der Waals surface area contributed by atoms with Gasteiger partial charge in [0.2, 0.25) is 11.8 Å². The molecule has 0 aromatic heterocycles. The van der Waals surface area contributed by atoms with E-state index in [4.69, 9.17) is 0 Å². The van der Waals surface area contributed by atoms with Crippen LogP contribution in [0.2, 0.25) is 0 Å². The molecule has 0 fully saturated rings. The van der Waals surface area contributed by atoms with E-state index >= 15 is 0 Å². The minimum Gasteiger partial charge on any atom is -0.392 e. The zero-order valence-electron chi connectivity index (χ0n) is 52.0. The third-order valence-corrected chi connectivity index (χ3v) is 18.3. The summed E-state index contributed by atoms with van der Waals surface area (Å²) in [5.41, 5.74) is 0. The van der Waals surface area contributed by atoms with Crippen molar-refractivity contribution in [3.8, 4) is 0 Å². The van der Waals surface area contributed by atoms with Gasteiger partial charge in [-0.25, -0.2) is 0 Å². The Hall–Kier alpha value is -0.640. The Morgan fingerprint density at radius 1 is 0.377 bits per heavy atom. The number of likely N-dealkylation sites (N-methyl/N-ethyl adjacent to an activating group) is 2. The first kappa shape index (κ1) is 76.4. The molecule has 0 aromatic carbocycles. The molecule has 460 valence electrons. The largest absolute Gasteiger partial charge is 0.392 e. The minimum atomic E-state index is -0.578. The Kier molecular flexibility index (Phi) is 56.7. The van der Waals surface area contributed by atoms with Crippen molar-refractivity contribution >= 4 is 33.4 Å². The number of carbonyl (C=O) groups excluding carboxylic acids is 2. The fourth-order valence-electron chi connectivity index (χ4n) is 10.6. The Morgan fingerprint density at radius 2 is 0.714 bits per heavy atom. The maximum Gasteiger partial charge on any atom is 0.244 e.